The number of methoxy groups -OCH3 is 2. The van der Waals surface area contributed by atoms with Crippen LogP contribution in [0.3, 0.4) is 0 Å². The van der Waals surface area contributed by atoms with E-state index >= 15 is 0 Å². The molecule has 50 heavy (non-hydrogen) atoms. The molecule has 20 heteroatoms. The number of hydrogen-bond donors (Lipinski definition) is 6. The van der Waals surface area contributed by atoms with E-state index < -0.39 is 129 Å². The smallest absolute Gasteiger partial charge is 0.364 e. The van der Waals surface area contributed by atoms with Crippen molar-refractivity contribution < 1.29 is 97.0 Å². The molecule has 0 radical (unpaired) electrons. The van der Waals surface area contributed by atoms with Crippen molar-refractivity contribution >= 4 is 5.97 Å². The molecule has 6 rings (SSSR count). The predicted molar refractivity (Wildman–Crippen MR) is 156 cm³/mol. The van der Waals surface area contributed by atoms with Crippen molar-refractivity contribution in [2.75, 3.05) is 47.3 Å². The fraction of sp³-hybridized carbons (Fsp3) is 0.967. The summed E-state index contributed by atoms with van der Waals surface area (Å²) in [4.78, 5) is 11.7. The molecule has 0 aromatic rings. The molecule has 6 saturated heterocycles. The van der Waals surface area contributed by atoms with Gasteiger partial charge in [0.05, 0.1) is 51.3 Å². The van der Waals surface area contributed by atoms with Gasteiger partial charge in [-0.3, -0.25) is 0 Å². The van der Waals surface area contributed by atoms with Crippen molar-refractivity contribution in [1.29, 1.82) is 0 Å². The number of hydrogen-bond acceptors (Lipinski definition) is 19. The lowest BCUT2D eigenvalue weighted by atomic mass is 10.00. The largest absolute Gasteiger partial charge is 0.477 e. The van der Waals surface area contributed by atoms with Crippen molar-refractivity contribution in [3.8, 4) is 0 Å². The SMILES string of the molecule is COC1CC(CO)OC(OC2C3COC2C(O)C(OCC(O)C(OC2COC(C)(C(=O)O)OC2C)OC2C4COC2C(O)C(OC)O4)O3)C1O. The highest BCUT2D eigenvalue weighted by Gasteiger charge is 2.56. The first-order chi connectivity index (χ1) is 23.9. The third-order valence-corrected chi connectivity index (χ3v) is 9.84. The third-order valence-electron chi connectivity index (χ3n) is 9.84. The van der Waals surface area contributed by atoms with Crippen molar-refractivity contribution in [2.45, 2.75) is 137 Å². The van der Waals surface area contributed by atoms with Crippen LogP contribution in [0.1, 0.15) is 20.3 Å². The molecular weight excluding hydrogens is 680 g/mol. The zero-order chi connectivity index (χ0) is 35.9. The van der Waals surface area contributed by atoms with E-state index in [1.54, 1.807) is 6.92 Å². The van der Waals surface area contributed by atoms with E-state index in [1.165, 1.54) is 21.1 Å². The molecule has 6 heterocycles. The zero-order valence-electron chi connectivity index (χ0n) is 28.0. The van der Waals surface area contributed by atoms with Gasteiger partial charge in [0.15, 0.2) is 25.2 Å². The van der Waals surface area contributed by atoms with E-state index in [4.69, 9.17) is 61.6 Å². The minimum absolute atomic E-state index is 0.0215. The Labute approximate surface area is 287 Å². The van der Waals surface area contributed by atoms with Crippen LogP contribution in [0.15, 0.2) is 0 Å². The van der Waals surface area contributed by atoms with E-state index in [0.29, 0.717) is 0 Å². The first-order valence-corrected chi connectivity index (χ1v) is 16.6. The van der Waals surface area contributed by atoms with Gasteiger partial charge in [-0.25, -0.2) is 4.79 Å². The molecule has 19 unspecified atom stereocenters. The molecule has 288 valence electrons. The molecule has 0 aromatic heterocycles. The number of ether oxygens (including phenoxy) is 13. The van der Waals surface area contributed by atoms with Crippen LogP contribution in [0, 0.1) is 0 Å². The summed E-state index contributed by atoms with van der Waals surface area (Å²) in [5.74, 6) is -3.24. The Morgan fingerprint density at radius 2 is 1.52 bits per heavy atom. The highest BCUT2D eigenvalue weighted by Crippen LogP contribution is 2.37. The highest BCUT2D eigenvalue weighted by atomic mass is 16.8. The molecule has 6 aliphatic rings. The maximum absolute atomic E-state index is 11.7. The highest BCUT2D eigenvalue weighted by molar-refractivity contribution is 5.75. The van der Waals surface area contributed by atoms with Gasteiger partial charge in [-0.15, -0.1) is 0 Å². The molecule has 0 saturated carbocycles. The van der Waals surface area contributed by atoms with Crippen LogP contribution in [0.5, 0.6) is 0 Å². The lowest BCUT2D eigenvalue weighted by Gasteiger charge is -2.43. The van der Waals surface area contributed by atoms with E-state index in [2.05, 4.69) is 0 Å². The third kappa shape index (κ3) is 7.70. The molecule has 0 spiro atoms. The monoisotopic (exact) mass is 728 g/mol. The summed E-state index contributed by atoms with van der Waals surface area (Å²) < 4.78 is 74.4. The molecule has 0 amide bonds. The topological polar surface area (TPSA) is 258 Å². The van der Waals surface area contributed by atoms with Crippen molar-refractivity contribution in [3.05, 3.63) is 0 Å². The summed E-state index contributed by atoms with van der Waals surface area (Å²) in [7, 11) is 2.80. The maximum Gasteiger partial charge on any atom is 0.364 e. The molecule has 6 aliphatic heterocycles. The molecule has 6 N–H and O–H groups in total. The first-order valence-electron chi connectivity index (χ1n) is 16.6. The average molecular weight is 729 g/mol. The summed E-state index contributed by atoms with van der Waals surface area (Å²) >= 11 is 0. The first kappa shape index (κ1) is 38.5. The Morgan fingerprint density at radius 3 is 2.16 bits per heavy atom. The minimum atomic E-state index is -1.91. The maximum atomic E-state index is 11.7. The normalized spacial score (nSPS) is 48.7. The molecule has 6 fully saturated rings. The summed E-state index contributed by atoms with van der Waals surface area (Å²) in [6, 6.07) is 0. The van der Waals surface area contributed by atoms with Crippen LogP contribution < -0.4 is 0 Å². The number of carboxylic acids is 1. The molecule has 20 nitrogen and oxygen atoms in total. The Bertz CT molecular complexity index is 1130. The van der Waals surface area contributed by atoms with Crippen molar-refractivity contribution in [1.82, 2.24) is 0 Å². The number of rotatable bonds is 14. The second-order valence-electron chi connectivity index (χ2n) is 13.2. The summed E-state index contributed by atoms with van der Waals surface area (Å²) in [6.07, 6.45) is -18.2. The Hall–Kier alpha value is -1.25. The van der Waals surface area contributed by atoms with Gasteiger partial charge < -0.3 is 92.2 Å². The Morgan fingerprint density at radius 1 is 0.860 bits per heavy atom. The quantitative estimate of drug-likeness (QED) is 0.0937. The van der Waals surface area contributed by atoms with Gasteiger partial charge in [0, 0.05) is 27.6 Å². The zero-order valence-corrected chi connectivity index (χ0v) is 28.0. The van der Waals surface area contributed by atoms with Gasteiger partial charge in [-0.05, 0) is 6.92 Å². The summed E-state index contributed by atoms with van der Waals surface area (Å²) in [6.45, 7) is 1.88. The average Bonchev–Trinajstić information content (AvgIpc) is 3.58. The van der Waals surface area contributed by atoms with E-state index in [-0.39, 0.29) is 32.8 Å². The lowest BCUT2D eigenvalue weighted by molar-refractivity contribution is -0.351. The number of aliphatic hydroxyl groups excluding tert-OH is 5. The summed E-state index contributed by atoms with van der Waals surface area (Å²) in [5.41, 5.74) is 0. The van der Waals surface area contributed by atoms with Crippen LogP contribution in [0.2, 0.25) is 0 Å². The van der Waals surface area contributed by atoms with Gasteiger partial charge >= 0.3 is 5.97 Å². The van der Waals surface area contributed by atoms with Crippen LogP contribution in [-0.4, -0.2) is 200 Å². The van der Waals surface area contributed by atoms with Gasteiger partial charge in [0.2, 0.25) is 0 Å². The van der Waals surface area contributed by atoms with E-state index in [9.17, 15) is 35.4 Å². The van der Waals surface area contributed by atoms with Crippen LogP contribution in [0.4, 0.5) is 0 Å². The van der Waals surface area contributed by atoms with Gasteiger partial charge in [-0.1, -0.05) is 0 Å². The second-order valence-corrected chi connectivity index (χ2v) is 13.2. The number of aliphatic hydroxyl groups is 5. The van der Waals surface area contributed by atoms with Crippen molar-refractivity contribution in [3.63, 3.8) is 0 Å². The Kier molecular flexibility index (Phi) is 12.3. The predicted octanol–water partition coefficient (Wildman–Crippen LogP) is -3.82. The number of carbonyl (C=O) groups is 1. The van der Waals surface area contributed by atoms with E-state index in [0.717, 1.165) is 0 Å². The fourth-order valence-electron chi connectivity index (χ4n) is 6.95. The second kappa shape index (κ2) is 16.0. The molecule has 19 atom stereocenters. The molecule has 4 bridgehead atoms. The molecule has 0 aromatic carbocycles. The van der Waals surface area contributed by atoms with E-state index in [1.807, 2.05) is 0 Å². The van der Waals surface area contributed by atoms with Gasteiger partial charge in [-0.2, -0.15) is 0 Å². The van der Waals surface area contributed by atoms with Gasteiger partial charge in [0.1, 0.15) is 67.1 Å². The Balaban J connectivity index is 1.10. The number of carboxylic acid groups (broad SMARTS) is 1. The number of aliphatic carboxylic acids is 1. The molecular formula is C30H48O20. The fourth-order valence-corrected chi connectivity index (χ4v) is 6.95. The summed E-state index contributed by atoms with van der Waals surface area (Å²) in [5, 5.41) is 63.1. The van der Waals surface area contributed by atoms with Crippen LogP contribution in [0.25, 0.3) is 0 Å². The van der Waals surface area contributed by atoms with Crippen LogP contribution >= 0.6 is 0 Å². The standard InChI is InChI=1S/C30H48O20/c1-11-15(10-43-30(2,50-11)29(36)37)45-25(48-21-16-8-40-23(21)19(34)26(39-4)46-16)13(32)7-42-27-20(35)24-22(17(47-27)9-41-24)49-28-18(33)14(38-3)5-12(6-31)44-28/h11-28,31-35H,5-10H2,1-4H3,(H,36,37). The number of fused-ring (bicyclic) bond motifs is 4. The lowest BCUT2D eigenvalue weighted by Crippen LogP contribution is -2.60. The minimum Gasteiger partial charge on any atom is -0.477 e. The molecule has 0 aliphatic carbocycles. The van der Waals surface area contributed by atoms with Crippen LogP contribution in [-0.2, 0) is 66.4 Å². The van der Waals surface area contributed by atoms with Gasteiger partial charge in [0.25, 0.3) is 5.79 Å². The van der Waals surface area contributed by atoms with Crippen molar-refractivity contribution in [2.24, 2.45) is 0 Å².